The molecule has 0 saturated heterocycles. The second-order valence-corrected chi connectivity index (χ2v) is 6.57. The third-order valence-corrected chi connectivity index (χ3v) is 3.89. The van der Waals surface area contributed by atoms with Crippen LogP contribution in [0.4, 0.5) is 5.82 Å². The van der Waals surface area contributed by atoms with Gasteiger partial charge in [-0.3, -0.25) is 4.79 Å². The van der Waals surface area contributed by atoms with E-state index in [1.54, 1.807) is 0 Å². The van der Waals surface area contributed by atoms with Gasteiger partial charge in [0, 0.05) is 23.5 Å². The maximum atomic E-state index is 12.1. The Kier molecular flexibility index (Phi) is 2.93. The summed E-state index contributed by atoms with van der Waals surface area (Å²) in [6, 6.07) is 0. The molecule has 1 amide bonds. The molecule has 112 valence electrons. The summed E-state index contributed by atoms with van der Waals surface area (Å²) in [6.45, 7) is 9.98. The van der Waals surface area contributed by atoms with Crippen LogP contribution in [-0.4, -0.2) is 20.8 Å². The van der Waals surface area contributed by atoms with Gasteiger partial charge in [0.05, 0.1) is 17.4 Å². The Balaban J connectivity index is 2.16. The Morgan fingerprint density at radius 3 is 2.67 bits per heavy atom. The molecule has 0 spiro atoms. The van der Waals surface area contributed by atoms with Crippen LogP contribution in [0.5, 0.6) is 0 Å². The van der Waals surface area contributed by atoms with Gasteiger partial charge in [-0.25, -0.2) is 4.68 Å². The minimum atomic E-state index is -0.193. The monoisotopic (exact) mass is 288 g/mol. The lowest BCUT2D eigenvalue weighted by atomic mass is 9.86. The quantitative estimate of drug-likeness (QED) is 0.875. The van der Waals surface area contributed by atoms with Crippen LogP contribution < -0.4 is 5.32 Å². The molecule has 0 bridgehead atoms. The molecule has 0 fully saturated rings. The molecule has 3 rings (SSSR count). The van der Waals surface area contributed by atoms with Crippen LogP contribution in [0, 0.1) is 13.8 Å². The van der Waals surface area contributed by atoms with Crippen molar-refractivity contribution in [1.29, 1.82) is 0 Å². The average molecular weight is 288 g/mol. The summed E-state index contributed by atoms with van der Waals surface area (Å²) in [6.07, 6.45) is 2.24. The van der Waals surface area contributed by atoms with Gasteiger partial charge in [-0.2, -0.15) is 5.10 Å². The van der Waals surface area contributed by atoms with E-state index in [-0.39, 0.29) is 17.4 Å². The fourth-order valence-corrected chi connectivity index (χ4v) is 2.97. The zero-order chi connectivity index (χ0) is 15.4. The molecule has 0 aliphatic carbocycles. The van der Waals surface area contributed by atoms with Crippen molar-refractivity contribution in [2.24, 2.45) is 0 Å². The van der Waals surface area contributed by atoms with Gasteiger partial charge in [0.25, 0.3) is 0 Å². The number of anilines is 1. The van der Waals surface area contributed by atoms with E-state index in [0.717, 1.165) is 28.4 Å². The molecular formula is C15H20N4O2. The van der Waals surface area contributed by atoms with Crippen LogP contribution in [0.1, 0.15) is 55.7 Å². The Hall–Kier alpha value is -2.11. The standard InChI is InChI=1S/C15H20N4O2/c1-8-13(9(2)21-18-8)10-6-12(20)17-14-11(10)7-16-19(14)15(3,4)5/h7,10H,6H2,1-5H3,(H,17,20)/t10-/m1/s1. The number of carbonyl (C=O) groups excluding carboxylic acids is 1. The third-order valence-electron chi connectivity index (χ3n) is 3.89. The Morgan fingerprint density at radius 2 is 2.10 bits per heavy atom. The summed E-state index contributed by atoms with van der Waals surface area (Å²) in [5.41, 5.74) is 2.67. The van der Waals surface area contributed by atoms with Crippen molar-refractivity contribution in [3.05, 3.63) is 28.8 Å². The second-order valence-electron chi connectivity index (χ2n) is 6.57. The number of hydrogen-bond donors (Lipinski definition) is 1. The smallest absolute Gasteiger partial charge is 0.226 e. The van der Waals surface area contributed by atoms with Gasteiger partial charge < -0.3 is 9.84 Å². The van der Waals surface area contributed by atoms with E-state index in [0.29, 0.717) is 6.42 Å². The molecule has 0 saturated carbocycles. The molecule has 1 N–H and O–H groups in total. The number of hydrogen-bond acceptors (Lipinski definition) is 4. The first-order valence-corrected chi connectivity index (χ1v) is 7.10. The molecule has 2 aromatic heterocycles. The minimum Gasteiger partial charge on any atom is -0.361 e. The van der Waals surface area contributed by atoms with Gasteiger partial charge in [0.15, 0.2) is 0 Å². The maximum Gasteiger partial charge on any atom is 0.226 e. The Bertz CT molecular complexity index is 686. The van der Waals surface area contributed by atoms with E-state index in [1.807, 2.05) is 24.7 Å². The third kappa shape index (κ3) is 2.14. The van der Waals surface area contributed by atoms with Crippen LogP contribution in [0.3, 0.4) is 0 Å². The number of amides is 1. The van der Waals surface area contributed by atoms with Gasteiger partial charge in [-0.15, -0.1) is 0 Å². The average Bonchev–Trinajstić information content (AvgIpc) is 2.92. The SMILES string of the molecule is Cc1noc(C)c1[C@@H]1CC(=O)Nc2c1cnn2C(C)(C)C. The largest absolute Gasteiger partial charge is 0.361 e. The summed E-state index contributed by atoms with van der Waals surface area (Å²) in [5, 5.41) is 11.4. The molecule has 21 heavy (non-hydrogen) atoms. The highest BCUT2D eigenvalue weighted by atomic mass is 16.5. The normalized spacial score (nSPS) is 18.5. The van der Waals surface area contributed by atoms with Crippen LogP contribution in [0.15, 0.2) is 10.7 Å². The number of nitrogens with zero attached hydrogens (tertiary/aromatic N) is 3. The summed E-state index contributed by atoms with van der Waals surface area (Å²) >= 11 is 0. The first-order valence-electron chi connectivity index (χ1n) is 7.10. The fourth-order valence-electron chi connectivity index (χ4n) is 2.97. The molecular weight excluding hydrogens is 268 g/mol. The number of carbonyl (C=O) groups is 1. The first kappa shape index (κ1) is 13.9. The number of rotatable bonds is 1. The summed E-state index contributed by atoms with van der Waals surface area (Å²) in [7, 11) is 0. The molecule has 2 aromatic rings. The fraction of sp³-hybridized carbons (Fsp3) is 0.533. The van der Waals surface area contributed by atoms with Crippen molar-refractivity contribution in [3.63, 3.8) is 0 Å². The van der Waals surface area contributed by atoms with Gasteiger partial charge in [-0.05, 0) is 34.6 Å². The number of nitrogens with one attached hydrogen (secondary N) is 1. The molecule has 3 heterocycles. The number of fused-ring (bicyclic) bond motifs is 1. The van der Waals surface area contributed by atoms with Crippen LogP contribution in [0.2, 0.25) is 0 Å². The van der Waals surface area contributed by atoms with E-state index in [2.05, 4.69) is 36.3 Å². The molecule has 0 aromatic carbocycles. The maximum absolute atomic E-state index is 12.1. The van der Waals surface area contributed by atoms with Crippen molar-refractivity contribution in [3.8, 4) is 0 Å². The van der Waals surface area contributed by atoms with Gasteiger partial charge >= 0.3 is 0 Å². The highest BCUT2D eigenvalue weighted by molar-refractivity contribution is 5.94. The molecule has 1 aliphatic rings. The highest BCUT2D eigenvalue weighted by Crippen LogP contribution is 2.40. The summed E-state index contributed by atoms with van der Waals surface area (Å²) in [5.74, 6) is 1.50. The lowest BCUT2D eigenvalue weighted by Gasteiger charge is -2.27. The van der Waals surface area contributed by atoms with Crippen molar-refractivity contribution in [2.45, 2.75) is 52.5 Å². The van der Waals surface area contributed by atoms with Crippen molar-refractivity contribution < 1.29 is 9.32 Å². The predicted molar refractivity (Wildman–Crippen MR) is 78.3 cm³/mol. The number of aryl methyl sites for hydroxylation is 2. The van der Waals surface area contributed by atoms with Crippen molar-refractivity contribution >= 4 is 11.7 Å². The van der Waals surface area contributed by atoms with Gasteiger partial charge in [0.2, 0.25) is 5.91 Å². The second kappa shape index (κ2) is 4.44. The molecule has 0 unspecified atom stereocenters. The highest BCUT2D eigenvalue weighted by Gasteiger charge is 2.35. The summed E-state index contributed by atoms with van der Waals surface area (Å²) < 4.78 is 7.13. The Morgan fingerprint density at radius 1 is 1.38 bits per heavy atom. The predicted octanol–water partition coefficient (Wildman–Crippen LogP) is 2.72. The topological polar surface area (TPSA) is 73.0 Å². The van der Waals surface area contributed by atoms with Crippen molar-refractivity contribution in [2.75, 3.05) is 5.32 Å². The van der Waals surface area contributed by atoms with E-state index in [9.17, 15) is 4.79 Å². The first-order chi connectivity index (χ1) is 9.79. The van der Waals surface area contributed by atoms with E-state index < -0.39 is 0 Å². The molecule has 1 atom stereocenters. The number of aromatic nitrogens is 3. The molecule has 1 aliphatic heterocycles. The lowest BCUT2D eigenvalue weighted by Crippen LogP contribution is -2.30. The van der Waals surface area contributed by atoms with Crippen LogP contribution >= 0.6 is 0 Å². The lowest BCUT2D eigenvalue weighted by molar-refractivity contribution is -0.116. The van der Waals surface area contributed by atoms with E-state index >= 15 is 0 Å². The zero-order valence-electron chi connectivity index (χ0n) is 13.0. The molecule has 6 nitrogen and oxygen atoms in total. The molecule has 6 heteroatoms. The van der Waals surface area contributed by atoms with Gasteiger partial charge in [-0.1, -0.05) is 5.16 Å². The van der Waals surface area contributed by atoms with Crippen LogP contribution in [0.25, 0.3) is 0 Å². The minimum absolute atomic E-state index is 0.00139. The van der Waals surface area contributed by atoms with Crippen molar-refractivity contribution in [1.82, 2.24) is 14.9 Å². The van der Waals surface area contributed by atoms with Gasteiger partial charge in [0.1, 0.15) is 11.6 Å². The summed E-state index contributed by atoms with van der Waals surface area (Å²) in [4.78, 5) is 12.1. The molecule has 0 radical (unpaired) electrons. The van der Waals surface area contributed by atoms with E-state index in [1.165, 1.54) is 0 Å². The van der Waals surface area contributed by atoms with Crippen LogP contribution in [-0.2, 0) is 10.3 Å². The Labute approximate surface area is 123 Å². The zero-order valence-corrected chi connectivity index (χ0v) is 13.0. The van der Waals surface area contributed by atoms with E-state index in [4.69, 9.17) is 4.52 Å².